The molecule has 37 heavy (non-hydrogen) atoms. The number of ether oxygens (including phenoxy) is 1. The Labute approximate surface area is 212 Å². The van der Waals surface area contributed by atoms with Gasteiger partial charge in [0, 0.05) is 17.8 Å². The second kappa shape index (κ2) is 9.75. The maximum absolute atomic E-state index is 14.2. The summed E-state index contributed by atoms with van der Waals surface area (Å²) < 4.78 is 6.74. The molecule has 182 valence electrons. The molecule has 0 saturated carbocycles. The van der Waals surface area contributed by atoms with Crippen LogP contribution in [0.4, 0.5) is 11.8 Å². The van der Waals surface area contributed by atoms with E-state index in [1.807, 2.05) is 55.5 Å². The van der Waals surface area contributed by atoms with Crippen LogP contribution in [0, 0.1) is 11.3 Å². The molecule has 2 aromatic carbocycles. The molecule has 0 aliphatic rings. The van der Waals surface area contributed by atoms with Crippen LogP contribution in [0.2, 0.25) is 0 Å². The van der Waals surface area contributed by atoms with Gasteiger partial charge in [-0.3, -0.25) is 9.36 Å². The Balaban J connectivity index is 1.73. The number of fused-ring (bicyclic) bond motifs is 1. The van der Waals surface area contributed by atoms with E-state index < -0.39 is 6.04 Å². The quantitative estimate of drug-likeness (QED) is 0.362. The van der Waals surface area contributed by atoms with E-state index in [4.69, 9.17) is 15.5 Å². The molecule has 0 saturated heterocycles. The second-order valence-corrected chi connectivity index (χ2v) is 8.20. The molecular weight excluding hydrogens is 468 g/mol. The number of nitrogen functional groups attached to an aromatic ring is 1. The van der Waals surface area contributed by atoms with Gasteiger partial charge in [-0.2, -0.15) is 10.2 Å². The Hall–Kier alpha value is -5.30. The molecule has 3 aromatic heterocycles. The maximum Gasteiger partial charge on any atom is 0.266 e. The molecule has 10 nitrogen and oxygen atoms in total. The molecule has 3 heterocycles. The van der Waals surface area contributed by atoms with Gasteiger partial charge in [0.15, 0.2) is 0 Å². The fourth-order valence-corrected chi connectivity index (χ4v) is 4.12. The molecule has 0 bridgehead atoms. The number of hydrogen-bond donors (Lipinski definition) is 2. The highest BCUT2D eigenvalue weighted by Gasteiger charge is 2.21. The lowest BCUT2D eigenvalue weighted by atomic mass is 10.0. The summed E-state index contributed by atoms with van der Waals surface area (Å²) in [7, 11) is 1.55. The van der Waals surface area contributed by atoms with E-state index in [0.29, 0.717) is 33.9 Å². The number of para-hydroxylation sites is 1. The van der Waals surface area contributed by atoms with E-state index in [9.17, 15) is 10.1 Å². The number of pyridine rings is 1. The summed E-state index contributed by atoms with van der Waals surface area (Å²) in [5.41, 5.74) is 8.38. The minimum absolute atomic E-state index is 0.0263. The van der Waals surface area contributed by atoms with Gasteiger partial charge in [-0.15, -0.1) is 0 Å². The van der Waals surface area contributed by atoms with Crippen LogP contribution in [0.1, 0.15) is 24.4 Å². The highest BCUT2D eigenvalue weighted by molar-refractivity contribution is 5.94. The standard InChI is InChI=1S/C27H22N8O2/c1-16(32-24-18(13-28)15-31-27(29)34-24)25-33-21-10-6-9-20(17-11-12-22(37-2)30-14-17)23(21)26(36)35(25)19-7-4-3-5-8-19/h3-12,14-16H,1-2H3,(H3,29,31,32,34)/t16-/m1/s1. The summed E-state index contributed by atoms with van der Waals surface area (Å²) in [5.74, 6) is 1.20. The first-order valence-electron chi connectivity index (χ1n) is 11.4. The molecule has 0 unspecified atom stereocenters. The van der Waals surface area contributed by atoms with Gasteiger partial charge in [-0.25, -0.2) is 15.0 Å². The number of nitrogens with zero attached hydrogens (tertiary/aromatic N) is 6. The van der Waals surface area contributed by atoms with E-state index in [-0.39, 0.29) is 22.9 Å². The highest BCUT2D eigenvalue weighted by atomic mass is 16.5. The minimum Gasteiger partial charge on any atom is -0.481 e. The number of nitriles is 1. The van der Waals surface area contributed by atoms with Crippen molar-refractivity contribution in [2.24, 2.45) is 0 Å². The number of anilines is 2. The lowest BCUT2D eigenvalue weighted by Gasteiger charge is -2.21. The first kappa shape index (κ1) is 23.4. The zero-order chi connectivity index (χ0) is 25.9. The van der Waals surface area contributed by atoms with Crippen molar-refractivity contribution in [1.82, 2.24) is 24.5 Å². The predicted octanol–water partition coefficient (Wildman–Crippen LogP) is 3.87. The zero-order valence-electron chi connectivity index (χ0n) is 20.1. The van der Waals surface area contributed by atoms with Crippen molar-refractivity contribution in [3.05, 3.63) is 94.8 Å². The molecule has 0 aliphatic heterocycles. The van der Waals surface area contributed by atoms with Crippen molar-refractivity contribution < 1.29 is 4.74 Å². The number of nitrogens with two attached hydrogens (primary N) is 1. The lowest BCUT2D eigenvalue weighted by molar-refractivity contribution is 0.398. The van der Waals surface area contributed by atoms with Gasteiger partial charge in [0.05, 0.1) is 35.9 Å². The summed E-state index contributed by atoms with van der Waals surface area (Å²) >= 11 is 0. The van der Waals surface area contributed by atoms with Crippen LogP contribution >= 0.6 is 0 Å². The number of aromatic nitrogens is 5. The van der Waals surface area contributed by atoms with Gasteiger partial charge in [0.1, 0.15) is 23.3 Å². The first-order chi connectivity index (χ1) is 18.0. The molecule has 0 radical (unpaired) electrons. The average molecular weight is 491 g/mol. The van der Waals surface area contributed by atoms with Gasteiger partial charge in [-0.1, -0.05) is 30.3 Å². The van der Waals surface area contributed by atoms with Crippen molar-refractivity contribution >= 4 is 22.7 Å². The molecule has 5 aromatic rings. The highest BCUT2D eigenvalue weighted by Crippen LogP contribution is 2.29. The molecular formula is C27H22N8O2. The van der Waals surface area contributed by atoms with Crippen molar-refractivity contribution in [3.8, 4) is 28.8 Å². The number of benzene rings is 2. The SMILES string of the molecule is COc1ccc(-c2cccc3nc([C@@H](C)Nc4nc(N)ncc4C#N)n(-c4ccccc4)c(=O)c23)cn1. The van der Waals surface area contributed by atoms with Crippen molar-refractivity contribution in [1.29, 1.82) is 5.26 Å². The Morgan fingerprint density at radius 2 is 1.84 bits per heavy atom. The number of hydrogen-bond acceptors (Lipinski definition) is 9. The van der Waals surface area contributed by atoms with Gasteiger partial charge in [0.25, 0.3) is 5.56 Å². The third-order valence-corrected chi connectivity index (χ3v) is 5.86. The van der Waals surface area contributed by atoms with E-state index in [1.54, 1.807) is 30.0 Å². The maximum atomic E-state index is 14.2. The molecule has 0 amide bonds. The number of methoxy groups -OCH3 is 1. The lowest BCUT2D eigenvalue weighted by Crippen LogP contribution is -2.28. The van der Waals surface area contributed by atoms with E-state index in [1.165, 1.54) is 6.20 Å². The van der Waals surface area contributed by atoms with Gasteiger partial charge < -0.3 is 15.8 Å². The normalized spacial score (nSPS) is 11.6. The van der Waals surface area contributed by atoms with Gasteiger partial charge in [-0.05, 0) is 36.8 Å². The van der Waals surface area contributed by atoms with E-state index >= 15 is 0 Å². The minimum atomic E-state index is -0.523. The van der Waals surface area contributed by atoms with Crippen molar-refractivity contribution in [2.45, 2.75) is 13.0 Å². The second-order valence-electron chi connectivity index (χ2n) is 8.20. The largest absolute Gasteiger partial charge is 0.481 e. The van der Waals surface area contributed by atoms with Crippen LogP contribution in [0.5, 0.6) is 5.88 Å². The average Bonchev–Trinajstić information content (AvgIpc) is 2.93. The number of rotatable bonds is 6. The Morgan fingerprint density at radius 3 is 2.54 bits per heavy atom. The third-order valence-electron chi connectivity index (χ3n) is 5.86. The van der Waals surface area contributed by atoms with Crippen LogP contribution in [-0.4, -0.2) is 31.6 Å². The van der Waals surface area contributed by atoms with Crippen LogP contribution in [0.15, 0.2) is 77.9 Å². The van der Waals surface area contributed by atoms with E-state index in [0.717, 1.165) is 5.56 Å². The summed E-state index contributed by atoms with van der Waals surface area (Å²) in [5, 5.41) is 13.1. The van der Waals surface area contributed by atoms with Gasteiger partial charge >= 0.3 is 0 Å². The Morgan fingerprint density at radius 1 is 1.03 bits per heavy atom. The Bertz CT molecular complexity index is 1690. The monoisotopic (exact) mass is 490 g/mol. The Kier molecular flexibility index (Phi) is 6.18. The summed E-state index contributed by atoms with van der Waals surface area (Å²) in [6.45, 7) is 1.84. The molecule has 10 heteroatoms. The molecule has 0 aliphatic carbocycles. The van der Waals surface area contributed by atoms with Crippen LogP contribution < -0.4 is 21.3 Å². The first-order valence-corrected chi connectivity index (χ1v) is 11.4. The fraction of sp³-hybridized carbons (Fsp3) is 0.111. The van der Waals surface area contributed by atoms with Crippen LogP contribution in [-0.2, 0) is 0 Å². The predicted molar refractivity (Wildman–Crippen MR) is 140 cm³/mol. The molecule has 3 N–H and O–H groups in total. The van der Waals surface area contributed by atoms with Crippen LogP contribution in [0.25, 0.3) is 27.7 Å². The molecule has 5 rings (SSSR count). The smallest absolute Gasteiger partial charge is 0.266 e. The summed E-state index contributed by atoms with van der Waals surface area (Å²) in [6.07, 6.45) is 3.02. The molecule has 1 atom stereocenters. The zero-order valence-corrected chi connectivity index (χ0v) is 20.1. The number of nitrogens with one attached hydrogen (secondary N) is 1. The van der Waals surface area contributed by atoms with Gasteiger partial charge in [0.2, 0.25) is 11.8 Å². The molecule has 0 fully saturated rings. The van der Waals surface area contributed by atoms with E-state index in [2.05, 4.69) is 26.3 Å². The third kappa shape index (κ3) is 4.41. The van der Waals surface area contributed by atoms with Crippen molar-refractivity contribution in [3.63, 3.8) is 0 Å². The topological polar surface area (TPSA) is 145 Å². The van der Waals surface area contributed by atoms with Crippen LogP contribution in [0.3, 0.4) is 0 Å². The summed E-state index contributed by atoms with van der Waals surface area (Å²) in [6, 6.07) is 19.9. The fourth-order valence-electron chi connectivity index (χ4n) is 4.12. The molecule has 0 spiro atoms. The van der Waals surface area contributed by atoms with Crippen molar-refractivity contribution in [2.75, 3.05) is 18.2 Å². The summed E-state index contributed by atoms with van der Waals surface area (Å²) in [4.78, 5) is 31.4.